The molecule has 0 bridgehead atoms. The van der Waals surface area contributed by atoms with Crippen LogP contribution < -0.4 is 4.18 Å². The van der Waals surface area contributed by atoms with Gasteiger partial charge in [-0.1, -0.05) is 9.10 Å². The first-order valence-electron chi connectivity index (χ1n) is 4.15. The van der Waals surface area contributed by atoms with Crippen molar-refractivity contribution in [2.75, 3.05) is 0 Å². The monoisotopic (exact) mass is 243 g/mol. The first kappa shape index (κ1) is 10.6. The van der Waals surface area contributed by atoms with E-state index in [0.29, 0.717) is 5.69 Å². The topological polar surface area (TPSA) is 74.1 Å². The fraction of sp³-hybridized carbons (Fsp3) is 0. The Morgan fingerprint density at radius 1 is 1.25 bits per heavy atom. The number of halogens is 1. The van der Waals surface area contributed by atoms with Crippen molar-refractivity contribution in [1.82, 2.24) is 15.0 Å². The summed E-state index contributed by atoms with van der Waals surface area (Å²) in [4.78, 5) is 0. The molecule has 0 radical (unpaired) electrons. The number of hydrogen-bond donors (Lipinski definition) is 0. The van der Waals surface area contributed by atoms with Crippen LogP contribution in [0.4, 0.5) is 3.89 Å². The molecule has 0 amide bonds. The molecule has 1 heterocycles. The first-order valence-corrected chi connectivity index (χ1v) is 5.46. The van der Waals surface area contributed by atoms with E-state index in [1.54, 1.807) is 6.20 Å². The third-order valence-electron chi connectivity index (χ3n) is 1.72. The molecule has 0 fully saturated rings. The number of hydrogen-bond acceptors (Lipinski definition) is 5. The second kappa shape index (κ2) is 3.89. The smallest absolute Gasteiger partial charge is 0.358 e. The van der Waals surface area contributed by atoms with Gasteiger partial charge in [-0.05, 0) is 24.3 Å². The van der Waals surface area contributed by atoms with E-state index in [4.69, 9.17) is 0 Å². The Kier molecular flexibility index (Phi) is 2.57. The van der Waals surface area contributed by atoms with E-state index >= 15 is 0 Å². The molecule has 0 atom stereocenters. The minimum Gasteiger partial charge on any atom is -0.358 e. The van der Waals surface area contributed by atoms with Crippen molar-refractivity contribution in [1.29, 1.82) is 0 Å². The third-order valence-corrected chi connectivity index (χ3v) is 2.11. The quantitative estimate of drug-likeness (QED) is 0.747. The van der Waals surface area contributed by atoms with Crippen LogP contribution in [-0.2, 0) is 10.5 Å². The zero-order valence-corrected chi connectivity index (χ0v) is 8.63. The van der Waals surface area contributed by atoms with Gasteiger partial charge in [-0.2, -0.15) is 8.42 Å². The van der Waals surface area contributed by atoms with Crippen LogP contribution in [-0.4, -0.2) is 23.4 Å². The van der Waals surface area contributed by atoms with Gasteiger partial charge in [0.25, 0.3) is 0 Å². The largest absolute Gasteiger partial charge is 0.488 e. The van der Waals surface area contributed by atoms with E-state index in [1.807, 2.05) is 0 Å². The Hall–Kier alpha value is -1.96. The summed E-state index contributed by atoms with van der Waals surface area (Å²) in [6.45, 7) is 0. The molecule has 0 spiro atoms. The van der Waals surface area contributed by atoms with E-state index in [2.05, 4.69) is 14.5 Å². The lowest BCUT2D eigenvalue weighted by Crippen LogP contribution is -2.01. The number of nitrogens with zero attached hydrogens (tertiary/aromatic N) is 3. The fourth-order valence-electron chi connectivity index (χ4n) is 1.12. The molecule has 6 nitrogen and oxygen atoms in total. The molecule has 8 heteroatoms. The average molecular weight is 243 g/mol. The Balaban J connectivity index is 2.24. The van der Waals surface area contributed by atoms with Gasteiger partial charge in [0.1, 0.15) is 5.75 Å². The van der Waals surface area contributed by atoms with Crippen LogP contribution in [0.2, 0.25) is 0 Å². The zero-order valence-electron chi connectivity index (χ0n) is 7.82. The summed E-state index contributed by atoms with van der Waals surface area (Å²) >= 11 is 0. The van der Waals surface area contributed by atoms with Crippen LogP contribution in [0.5, 0.6) is 5.75 Å². The lowest BCUT2D eigenvalue weighted by molar-refractivity contribution is 0.440. The van der Waals surface area contributed by atoms with Crippen molar-refractivity contribution in [3.8, 4) is 11.4 Å². The molecule has 1 aromatic carbocycles. The highest BCUT2D eigenvalue weighted by atomic mass is 32.3. The molecule has 0 saturated heterocycles. The van der Waals surface area contributed by atoms with Crippen LogP contribution >= 0.6 is 0 Å². The van der Waals surface area contributed by atoms with Crippen LogP contribution in [0.25, 0.3) is 5.69 Å². The van der Waals surface area contributed by atoms with Crippen molar-refractivity contribution < 1.29 is 16.5 Å². The van der Waals surface area contributed by atoms with E-state index in [-0.39, 0.29) is 5.75 Å². The van der Waals surface area contributed by atoms with E-state index in [0.717, 1.165) is 0 Å². The Morgan fingerprint density at radius 2 is 1.94 bits per heavy atom. The SMILES string of the molecule is O=S(=O)(F)Oc1ccc(-n2ccnn2)cc1. The lowest BCUT2D eigenvalue weighted by Gasteiger charge is -2.02. The van der Waals surface area contributed by atoms with Gasteiger partial charge >= 0.3 is 10.5 Å². The van der Waals surface area contributed by atoms with Gasteiger partial charge < -0.3 is 4.18 Å². The van der Waals surface area contributed by atoms with Gasteiger partial charge in [-0.15, -0.1) is 5.10 Å². The third kappa shape index (κ3) is 2.54. The number of rotatable bonds is 3. The minimum atomic E-state index is -4.98. The van der Waals surface area contributed by atoms with Gasteiger partial charge in [0.15, 0.2) is 0 Å². The predicted octanol–water partition coefficient (Wildman–Crippen LogP) is 0.860. The van der Waals surface area contributed by atoms with E-state index < -0.39 is 10.5 Å². The molecular formula is C8H6FN3O3S. The number of aromatic nitrogens is 3. The van der Waals surface area contributed by atoms with Gasteiger partial charge in [0.2, 0.25) is 0 Å². The van der Waals surface area contributed by atoms with Gasteiger partial charge in [-0.3, -0.25) is 0 Å². The summed E-state index contributed by atoms with van der Waals surface area (Å²) in [5.41, 5.74) is 0.654. The van der Waals surface area contributed by atoms with Gasteiger partial charge in [-0.25, -0.2) is 4.68 Å². The highest BCUT2D eigenvalue weighted by Gasteiger charge is 2.09. The lowest BCUT2D eigenvalue weighted by atomic mass is 10.3. The first-order chi connectivity index (χ1) is 7.54. The Labute approximate surface area is 90.7 Å². The minimum absolute atomic E-state index is 0.105. The van der Waals surface area contributed by atoms with Crippen molar-refractivity contribution in [2.45, 2.75) is 0 Å². The van der Waals surface area contributed by atoms with Crippen LogP contribution in [0.1, 0.15) is 0 Å². The van der Waals surface area contributed by atoms with Crippen LogP contribution in [0.3, 0.4) is 0 Å². The van der Waals surface area contributed by atoms with Crippen molar-refractivity contribution in [2.24, 2.45) is 0 Å². The molecule has 0 saturated carbocycles. The van der Waals surface area contributed by atoms with E-state index in [9.17, 15) is 12.3 Å². The molecule has 84 valence electrons. The summed E-state index contributed by atoms with van der Waals surface area (Å²) in [6.07, 6.45) is 3.11. The summed E-state index contributed by atoms with van der Waals surface area (Å²) in [6, 6.07) is 5.67. The highest BCUT2D eigenvalue weighted by Crippen LogP contribution is 2.16. The summed E-state index contributed by atoms with van der Waals surface area (Å²) in [7, 11) is -4.98. The molecule has 0 aliphatic rings. The highest BCUT2D eigenvalue weighted by molar-refractivity contribution is 7.81. The van der Waals surface area contributed by atoms with Crippen molar-refractivity contribution >= 4 is 10.5 Å². The average Bonchev–Trinajstić information content (AvgIpc) is 2.69. The fourth-order valence-corrected chi connectivity index (χ4v) is 1.46. The summed E-state index contributed by atoms with van der Waals surface area (Å²) in [5.74, 6) is -0.105. The molecule has 0 unspecified atom stereocenters. The molecule has 2 aromatic rings. The van der Waals surface area contributed by atoms with Gasteiger partial charge in [0, 0.05) is 0 Å². The maximum Gasteiger partial charge on any atom is 0.488 e. The number of benzene rings is 1. The predicted molar refractivity (Wildman–Crippen MR) is 52.0 cm³/mol. The molecule has 16 heavy (non-hydrogen) atoms. The van der Waals surface area contributed by atoms with Crippen LogP contribution in [0, 0.1) is 0 Å². The molecule has 1 aromatic heterocycles. The van der Waals surface area contributed by atoms with Crippen molar-refractivity contribution in [3.05, 3.63) is 36.7 Å². The Morgan fingerprint density at radius 3 is 2.44 bits per heavy atom. The maximum absolute atomic E-state index is 12.2. The molecule has 0 aliphatic heterocycles. The summed E-state index contributed by atoms with van der Waals surface area (Å²) in [5, 5.41) is 7.33. The second-order valence-corrected chi connectivity index (χ2v) is 3.77. The molecular weight excluding hydrogens is 237 g/mol. The van der Waals surface area contributed by atoms with E-state index in [1.165, 1.54) is 35.1 Å². The van der Waals surface area contributed by atoms with Crippen LogP contribution in [0.15, 0.2) is 36.7 Å². The van der Waals surface area contributed by atoms with Crippen molar-refractivity contribution in [3.63, 3.8) is 0 Å². The second-order valence-electron chi connectivity index (χ2n) is 2.82. The molecule has 0 N–H and O–H groups in total. The molecule has 2 rings (SSSR count). The van der Waals surface area contributed by atoms with Gasteiger partial charge in [0.05, 0.1) is 18.1 Å². The Bertz CT molecular complexity index is 565. The maximum atomic E-state index is 12.2. The normalized spacial score (nSPS) is 11.3. The zero-order chi connectivity index (χ0) is 11.6. The summed E-state index contributed by atoms with van der Waals surface area (Å²) < 4.78 is 38.1. The standard InChI is InChI=1S/C8H6FN3O3S/c9-16(13,14)15-8-3-1-7(2-4-8)12-6-5-10-11-12/h1-6H. The molecule has 0 aliphatic carbocycles.